The van der Waals surface area contributed by atoms with Gasteiger partial charge in [-0.2, -0.15) is 0 Å². The molecule has 112 valence electrons. The molecule has 0 spiro atoms. The molecule has 0 saturated heterocycles. The molecule has 0 N–H and O–H groups in total. The quantitative estimate of drug-likeness (QED) is 0.529. The molecule has 1 fully saturated rings. The van der Waals surface area contributed by atoms with Crippen LogP contribution >= 0.6 is 0 Å². The molecule has 4 heteroatoms. The Labute approximate surface area is 124 Å². The van der Waals surface area contributed by atoms with E-state index in [2.05, 4.69) is 18.1 Å². The van der Waals surface area contributed by atoms with E-state index in [9.17, 15) is 0 Å². The maximum absolute atomic E-state index is 6.01. The Bertz CT molecular complexity index is 377. The van der Waals surface area contributed by atoms with Gasteiger partial charge in [0.15, 0.2) is 0 Å². The van der Waals surface area contributed by atoms with E-state index in [1.165, 1.54) is 38.5 Å². The maximum Gasteiger partial charge on any atom is 0.332 e. The van der Waals surface area contributed by atoms with Crippen LogP contribution in [-0.4, -0.2) is 20.2 Å². The monoisotopic (exact) mass is 293 g/mol. The van der Waals surface area contributed by atoms with Crippen molar-refractivity contribution in [1.82, 2.24) is 4.98 Å². The fraction of sp³-hybridized carbons (Fsp3) is 0.688. The van der Waals surface area contributed by atoms with Crippen molar-refractivity contribution in [2.45, 2.75) is 58.2 Å². The Kier molecular flexibility index (Phi) is 6.20. The summed E-state index contributed by atoms with van der Waals surface area (Å²) in [5.74, 6) is 0.958. The maximum atomic E-state index is 6.01. The van der Waals surface area contributed by atoms with E-state index >= 15 is 0 Å². The Morgan fingerprint density at radius 1 is 1.25 bits per heavy atom. The molecular formula is C16H27NO2Si. The SMILES string of the molecule is C[Si](C)(OCCCC1CCCC1)OCc1cccnc1. The first-order valence-electron chi connectivity index (χ1n) is 7.82. The second-order valence-electron chi connectivity index (χ2n) is 6.19. The van der Waals surface area contributed by atoms with Gasteiger partial charge in [-0.05, 0) is 43.5 Å². The van der Waals surface area contributed by atoms with Crippen molar-refractivity contribution >= 4 is 8.56 Å². The molecule has 0 aliphatic heterocycles. The first-order valence-corrected chi connectivity index (χ1v) is 10.6. The minimum absolute atomic E-state index is 0.607. The summed E-state index contributed by atoms with van der Waals surface area (Å²) < 4.78 is 12.0. The highest BCUT2D eigenvalue weighted by Crippen LogP contribution is 2.28. The molecule has 0 unspecified atom stereocenters. The Morgan fingerprint density at radius 2 is 2.05 bits per heavy atom. The third-order valence-corrected chi connectivity index (χ3v) is 5.73. The zero-order chi connectivity index (χ0) is 14.3. The van der Waals surface area contributed by atoms with Crippen molar-refractivity contribution in [2.24, 2.45) is 5.92 Å². The van der Waals surface area contributed by atoms with E-state index in [1.807, 2.05) is 18.3 Å². The molecule has 1 heterocycles. The number of nitrogens with zero attached hydrogens (tertiary/aromatic N) is 1. The average Bonchev–Trinajstić information content (AvgIpc) is 2.96. The summed E-state index contributed by atoms with van der Waals surface area (Å²) in [6.07, 6.45) is 11.9. The van der Waals surface area contributed by atoms with Crippen LogP contribution in [0.4, 0.5) is 0 Å². The lowest BCUT2D eigenvalue weighted by atomic mass is 10.0. The summed E-state index contributed by atoms with van der Waals surface area (Å²) in [7, 11) is -1.99. The zero-order valence-electron chi connectivity index (χ0n) is 12.8. The van der Waals surface area contributed by atoms with Gasteiger partial charge in [-0.15, -0.1) is 0 Å². The molecule has 1 aliphatic carbocycles. The van der Waals surface area contributed by atoms with E-state index in [0.717, 1.165) is 18.1 Å². The van der Waals surface area contributed by atoms with Gasteiger partial charge in [-0.3, -0.25) is 4.98 Å². The van der Waals surface area contributed by atoms with Gasteiger partial charge in [-0.1, -0.05) is 31.7 Å². The molecule has 20 heavy (non-hydrogen) atoms. The zero-order valence-corrected chi connectivity index (χ0v) is 13.8. The van der Waals surface area contributed by atoms with Gasteiger partial charge < -0.3 is 8.85 Å². The van der Waals surface area contributed by atoms with Gasteiger partial charge in [0, 0.05) is 19.0 Å². The summed E-state index contributed by atoms with van der Waals surface area (Å²) in [4.78, 5) is 4.10. The molecule has 1 aliphatic rings. The van der Waals surface area contributed by atoms with Gasteiger partial charge >= 0.3 is 8.56 Å². The van der Waals surface area contributed by atoms with Crippen LogP contribution < -0.4 is 0 Å². The van der Waals surface area contributed by atoms with E-state index in [1.54, 1.807) is 6.20 Å². The number of hydrogen-bond acceptors (Lipinski definition) is 3. The average molecular weight is 293 g/mol. The van der Waals surface area contributed by atoms with Gasteiger partial charge in [0.25, 0.3) is 0 Å². The second kappa shape index (κ2) is 7.91. The van der Waals surface area contributed by atoms with Crippen LogP contribution in [0.25, 0.3) is 0 Å². The van der Waals surface area contributed by atoms with Crippen molar-refractivity contribution in [3.8, 4) is 0 Å². The molecule has 1 aromatic heterocycles. The van der Waals surface area contributed by atoms with Crippen LogP contribution in [0, 0.1) is 5.92 Å². The summed E-state index contributed by atoms with van der Waals surface area (Å²) in [5, 5.41) is 0. The highest BCUT2D eigenvalue weighted by Gasteiger charge is 2.24. The van der Waals surface area contributed by atoms with Crippen LogP contribution in [0.1, 0.15) is 44.1 Å². The van der Waals surface area contributed by atoms with Crippen LogP contribution in [-0.2, 0) is 15.5 Å². The van der Waals surface area contributed by atoms with Crippen molar-refractivity contribution in [1.29, 1.82) is 0 Å². The number of hydrogen-bond donors (Lipinski definition) is 0. The minimum atomic E-state index is -1.99. The van der Waals surface area contributed by atoms with E-state index < -0.39 is 8.56 Å². The van der Waals surface area contributed by atoms with E-state index in [-0.39, 0.29) is 0 Å². The molecule has 1 aromatic rings. The molecule has 0 atom stereocenters. The number of rotatable bonds is 8. The Hall–Kier alpha value is -0.713. The fourth-order valence-corrected chi connectivity index (χ4v) is 4.00. The summed E-state index contributed by atoms with van der Waals surface area (Å²) in [6, 6.07) is 3.98. The van der Waals surface area contributed by atoms with Crippen molar-refractivity contribution in [3.63, 3.8) is 0 Å². The largest absolute Gasteiger partial charge is 0.395 e. The molecule has 0 bridgehead atoms. The first-order chi connectivity index (χ1) is 9.66. The van der Waals surface area contributed by atoms with Crippen molar-refractivity contribution in [3.05, 3.63) is 30.1 Å². The molecule has 0 amide bonds. The number of aromatic nitrogens is 1. The van der Waals surface area contributed by atoms with Crippen LogP contribution in [0.3, 0.4) is 0 Å². The van der Waals surface area contributed by atoms with Gasteiger partial charge in [-0.25, -0.2) is 0 Å². The normalized spacial score (nSPS) is 16.7. The Balaban J connectivity index is 1.60. The lowest BCUT2D eigenvalue weighted by Gasteiger charge is -2.23. The predicted molar refractivity (Wildman–Crippen MR) is 83.7 cm³/mol. The molecule has 2 rings (SSSR count). The summed E-state index contributed by atoms with van der Waals surface area (Å²) >= 11 is 0. The molecule has 0 aromatic carbocycles. The summed E-state index contributed by atoms with van der Waals surface area (Å²) in [6.45, 7) is 5.70. The van der Waals surface area contributed by atoms with E-state index in [0.29, 0.717) is 6.61 Å². The topological polar surface area (TPSA) is 31.4 Å². The van der Waals surface area contributed by atoms with Crippen molar-refractivity contribution in [2.75, 3.05) is 6.61 Å². The van der Waals surface area contributed by atoms with Crippen LogP contribution in [0.5, 0.6) is 0 Å². The molecule has 1 saturated carbocycles. The first kappa shape index (κ1) is 15.7. The summed E-state index contributed by atoms with van der Waals surface area (Å²) in [5.41, 5.74) is 1.11. The van der Waals surface area contributed by atoms with E-state index in [4.69, 9.17) is 8.85 Å². The Morgan fingerprint density at radius 3 is 2.75 bits per heavy atom. The molecule has 3 nitrogen and oxygen atoms in total. The molecule has 0 radical (unpaired) electrons. The smallest absolute Gasteiger partial charge is 0.332 e. The highest BCUT2D eigenvalue weighted by molar-refractivity contribution is 6.64. The lowest BCUT2D eigenvalue weighted by Crippen LogP contribution is -2.35. The molecular weight excluding hydrogens is 266 g/mol. The standard InChI is InChI=1S/C16H27NO2Si/c1-20(2,19-14-16-9-5-11-17-13-16)18-12-6-10-15-7-3-4-8-15/h5,9,11,13,15H,3-4,6-8,10,12,14H2,1-2H3. The van der Waals surface area contributed by atoms with Crippen molar-refractivity contribution < 1.29 is 8.85 Å². The fourth-order valence-electron chi connectivity index (χ4n) is 2.77. The lowest BCUT2D eigenvalue weighted by molar-refractivity contribution is 0.166. The van der Waals surface area contributed by atoms with Gasteiger partial charge in [0.1, 0.15) is 0 Å². The highest BCUT2D eigenvalue weighted by atomic mass is 28.4. The van der Waals surface area contributed by atoms with Crippen LogP contribution in [0.2, 0.25) is 13.1 Å². The second-order valence-corrected chi connectivity index (χ2v) is 9.57. The third-order valence-electron chi connectivity index (χ3n) is 3.99. The van der Waals surface area contributed by atoms with Gasteiger partial charge in [0.05, 0.1) is 6.61 Å². The third kappa shape index (κ3) is 5.73. The predicted octanol–water partition coefficient (Wildman–Crippen LogP) is 4.29. The van der Waals surface area contributed by atoms with Crippen LogP contribution in [0.15, 0.2) is 24.5 Å². The number of pyridine rings is 1. The van der Waals surface area contributed by atoms with Gasteiger partial charge in [0.2, 0.25) is 0 Å². The minimum Gasteiger partial charge on any atom is -0.395 e.